The zero-order valence-electron chi connectivity index (χ0n) is 15.9. The van der Waals surface area contributed by atoms with Crippen molar-refractivity contribution in [1.29, 1.82) is 0 Å². The molecule has 1 fully saturated rings. The molecule has 0 unspecified atom stereocenters. The molecule has 31 heavy (non-hydrogen) atoms. The topological polar surface area (TPSA) is 58.6 Å². The van der Waals surface area contributed by atoms with Crippen LogP contribution in [0, 0.1) is 0 Å². The van der Waals surface area contributed by atoms with Gasteiger partial charge in [0.2, 0.25) is 0 Å². The number of nitrogens with one attached hydrogen (secondary N) is 1. The molecule has 1 N–H and O–H groups in total. The van der Waals surface area contributed by atoms with Crippen molar-refractivity contribution >= 4 is 58.5 Å². The van der Waals surface area contributed by atoms with Crippen molar-refractivity contribution in [3.05, 3.63) is 98.6 Å². The van der Waals surface area contributed by atoms with E-state index in [0.29, 0.717) is 32.1 Å². The lowest BCUT2D eigenvalue weighted by molar-refractivity contribution is -0.113. The molecule has 0 spiro atoms. The van der Waals surface area contributed by atoms with Crippen molar-refractivity contribution in [2.24, 2.45) is 0 Å². The molecule has 0 radical (unpaired) electrons. The summed E-state index contributed by atoms with van der Waals surface area (Å²) in [6.45, 7) is 0.258. The summed E-state index contributed by atoms with van der Waals surface area (Å²) in [6.07, 6.45) is 1.58. The Morgan fingerprint density at radius 3 is 2.39 bits per heavy atom. The predicted molar refractivity (Wildman–Crippen MR) is 123 cm³/mol. The maximum atomic E-state index is 12.8. The molecule has 3 amide bonds. The lowest BCUT2D eigenvalue weighted by atomic mass is 10.1. The molecule has 156 valence electrons. The zero-order chi connectivity index (χ0) is 22.0. The number of halogens is 3. The maximum absolute atomic E-state index is 12.8. The molecule has 8 heteroatoms. The van der Waals surface area contributed by atoms with Crippen molar-refractivity contribution in [2.45, 2.75) is 6.61 Å². The maximum Gasteiger partial charge on any atom is 0.333 e. The molecule has 5 nitrogen and oxygen atoms in total. The van der Waals surface area contributed by atoms with Crippen LogP contribution in [0.15, 0.2) is 72.4 Å². The van der Waals surface area contributed by atoms with Gasteiger partial charge < -0.3 is 10.1 Å². The Bertz CT molecular complexity index is 1190. The first-order valence-electron chi connectivity index (χ1n) is 9.21. The largest absolute Gasteiger partial charge is 0.488 e. The first kappa shape index (κ1) is 21.2. The van der Waals surface area contributed by atoms with Gasteiger partial charge in [0.25, 0.3) is 5.91 Å². The molecule has 1 aliphatic heterocycles. The standard InChI is InChI=1S/C23H15Cl3N2O3/c24-16-6-8-17(9-7-16)28-22(29)20(27-23(28)30)12-15-3-1-2-4-21(15)31-13-14-5-10-18(25)19(26)11-14/h1-12H,13H2,(H,27,30)/b20-12+. The lowest BCUT2D eigenvalue weighted by Gasteiger charge is -2.12. The van der Waals surface area contributed by atoms with Gasteiger partial charge >= 0.3 is 6.03 Å². The number of rotatable bonds is 5. The quantitative estimate of drug-likeness (QED) is 0.348. The third-order valence-corrected chi connectivity index (χ3v) is 5.55. The minimum absolute atomic E-state index is 0.144. The molecular weight excluding hydrogens is 459 g/mol. The highest BCUT2D eigenvalue weighted by Crippen LogP contribution is 2.28. The van der Waals surface area contributed by atoms with E-state index in [-0.39, 0.29) is 12.3 Å². The van der Waals surface area contributed by atoms with Crippen LogP contribution in [0.1, 0.15) is 11.1 Å². The van der Waals surface area contributed by atoms with Gasteiger partial charge in [0.05, 0.1) is 15.7 Å². The molecule has 0 saturated carbocycles. The Morgan fingerprint density at radius 1 is 0.903 bits per heavy atom. The molecule has 0 aromatic heterocycles. The Morgan fingerprint density at radius 2 is 1.65 bits per heavy atom. The van der Waals surface area contributed by atoms with Gasteiger partial charge in [0.15, 0.2) is 0 Å². The number of amides is 3. The molecule has 0 bridgehead atoms. The van der Waals surface area contributed by atoms with Gasteiger partial charge in [-0.05, 0) is 54.1 Å². The number of anilines is 1. The fourth-order valence-electron chi connectivity index (χ4n) is 3.04. The molecule has 1 heterocycles. The van der Waals surface area contributed by atoms with Crippen LogP contribution in [-0.2, 0) is 11.4 Å². The minimum atomic E-state index is -0.534. The first-order chi connectivity index (χ1) is 14.9. The summed E-state index contributed by atoms with van der Waals surface area (Å²) in [5.41, 5.74) is 2.06. The predicted octanol–water partition coefficient (Wildman–Crippen LogP) is 6.32. The zero-order valence-corrected chi connectivity index (χ0v) is 18.2. The Balaban J connectivity index is 1.56. The van der Waals surface area contributed by atoms with E-state index < -0.39 is 11.9 Å². The SMILES string of the molecule is O=C1N/C(=C/c2ccccc2OCc2ccc(Cl)c(Cl)c2)C(=O)N1c1ccc(Cl)cc1. The highest BCUT2D eigenvalue weighted by molar-refractivity contribution is 6.42. The van der Waals surface area contributed by atoms with Gasteiger partial charge in [-0.15, -0.1) is 0 Å². The smallest absolute Gasteiger partial charge is 0.333 e. The van der Waals surface area contributed by atoms with E-state index in [0.717, 1.165) is 10.5 Å². The second-order valence-electron chi connectivity index (χ2n) is 6.68. The van der Waals surface area contributed by atoms with E-state index in [1.165, 1.54) is 0 Å². The number of carbonyl (C=O) groups is 2. The van der Waals surface area contributed by atoms with Crippen LogP contribution in [0.5, 0.6) is 5.75 Å². The van der Waals surface area contributed by atoms with Crippen LogP contribution in [0.3, 0.4) is 0 Å². The normalized spacial score (nSPS) is 14.8. The van der Waals surface area contributed by atoms with Gasteiger partial charge in [0, 0.05) is 10.6 Å². The van der Waals surface area contributed by atoms with Gasteiger partial charge in [-0.2, -0.15) is 0 Å². The van der Waals surface area contributed by atoms with Gasteiger partial charge in [0.1, 0.15) is 18.1 Å². The fraction of sp³-hybridized carbons (Fsp3) is 0.0435. The summed E-state index contributed by atoms with van der Waals surface area (Å²) < 4.78 is 5.92. The van der Waals surface area contributed by atoms with Crippen molar-refractivity contribution in [1.82, 2.24) is 5.32 Å². The molecule has 0 aliphatic carbocycles. The van der Waals surface area contributed by atoms with Crippen LogP contribution in [-0.4, -0.2) is 11.9 Å². The Kier molecular flexibility index (Phi) is 6.18. The monoisotopic (exact) mass is 472 g/mol. The lowest BCUT2D eigenvalue weighted by Crippen LogP contribution is -2.30. The van der Waals surface area contributed by atoms with E-state index >= 15 is 0 Å². The molecule has 3 aromatic carbocycles. The third kappa shape index (κ3) is 4.69. The van der Waals surface area contributed by atoms with E-state index in [2.05, 4.69) is 5.32 Å². The van der Waals surface area contributed by atoms with Crippen molar-refractivity contribution in [3.8, 4) is 5.75 Å². The molecule has 4 rings (SSSR count). The van der Waals surface area contributed by atoms with Crippen LogP contribution in [0.4, 0.5) is 10.5 Å². The number of para-hydroxylation sites is 1. The summed E-state index contributed by atoms with van der Waals surface area (Å²) >= 11 is 17.9. The molecule has 3 aromatic rings. The average Bonchev–Trinajstić information content (AvgIpc) is 3.03. The van der Waals surface area contributed by atoms with Crippen LogP contribution >= 0.6 is 34.8 Å². The van der Waals surface area contributed by atoms with Crippen LogP contribution in [0.2, 0.25) is 15.1 Å². The number of benzene rings is 3. The van der Waals surface area contributed by atoms with Gasteiger partial charge in [-0.1, -0.05) is 59.1 Å². The molecular formula is C23H15Cl3N2O3. The Labute approximate surface area is 193 Å². The van der Waals surface area contributed by atoms with E-state index in [4.69, 9.17) is 39.5 Å². The third-order valence-electron chi connectivity index (χ3n) is 4.56. The summed E-state index contributed by atoms with van der Waals surface area (Å²) in [4.78, 5) is 26.3. The van der Waals surface area contributed by atoms with E-state index in [9.17, 15) is 9.59 Å². The molecule has 1 saturated heterocycles. The second kappa shape index (κ2) is 9.02. The number of hydrogen-bond donors (Lipinski definition) is 1. The highest BCUT2D eigenvalue weighted by Gasteiger charge is 2.35. The number of nitrogens with zero attached hydrogens (tertiary/aromatic N) is 1. The molecule has 1 aliphatic rings. The Hall–Kier alpha value is -2.99. The van der Waals surface area contributed by atoms with Crippen LogP contribution < -0.4 is 15.0 Å². The first-order valence-corrected chi connectivity index (χ1v) is 10.3. The summed E-state index contributed by atoms with van der Waals surface area (Å²) in [5, 5.41) is 4.03. The summed E-state index contributed by atoms with van der Waals surface area (Å²) in [5.74, 6) is 0.0830. The van der Waals surface area contributed by atoms with Crippen molar-refractivity contribution in [3.63, 3.8) is 0 Å². The number of carbonyl (C=O) groups excluding carboxylic acids is 2. The van der Waals surface area contributed by atoms with Gasteiger partial charge in [-0.3, -0.25) is 4.79 Å². The number of imide groups is 1. The number of urea groups is 1. The van der Waals surface area contributed by atoms with Crippen molar-refractivity contribution in [2.75, 3.05) is 4.90 Å². The number of hydrogen-bond acceptors (Lipinski definition) is 3. The summed E-state index contributed by atoms with van der Waals surface area (Å²) in [6, 6.07) is 18.4. The minimum Gasteiger partial charge on any atom is -0.488 e. The van der Waals surface area contributed by atoms with Gasteiger partial charge in [-0.25, -0.2) is 9.69 Å². The van der Waals surface area contributed by atoms with E-state index in [1.54, 1.807) is 54.6 Å². The van der Waals surface area contributed by atoms with Crippen LogP contribution in [0.25, 0.3) is 6.08 Å². The van der Waals surface area contributed by atoms with E-state index in [1.807, 2.05) is 18.2 Å². The fourth-order valence-corrected chi connectivity index (χ4v) is 3.48. The highest BCUT2D eigenvalue weighted by atomic mass is 35.5. The second-order valence-corrected chi connectivity index (χ2v) is 7.93. The molecule has 0 atom stereocenters. The summed E-state index contributed by atoms with van der Waals surface area (Å²) in [7, 11) is 0. The van der Waals surface area contributed by atoms with Crippen molar-refractivity contribution < 1.29 is 14.3 Å². The average molecular weight is 474 g/mol. The number of ether oxygens (including phenoxy) is 1.